The molecular weight excluding hydrogens is 164 g/mol. The molecule has 5 nitrogen and oxygen atoms in total. The first kappa shape index (κ1) is 10.9. The summed E-state index contributed by atoms with van der Waals surface area (Å²) in [4.78, 5) is 20.6. The van der Waals surface area contributed by atoms with E-state index in [1.54, 1.807) is 6.92 Å². The molecule has 0 fully saturated rings. The van der Waals surface area contributed by atoms with Crippen molar-refractivity contribution in [2.45, 2.75) is 31.8 Å². The second-order valence-corrected chi connectivity index (χ2v) is 2.54. The lowest BCUT2D eigenvalue weighted by atomic mass is 9.97. The summed E-state index contributed by atoms with van der Waals surface area (Å²) in [6.45, 7) is 1.75. The lowest BCUT2D eigenvalue weighted by Crippen LogP contribution is -2.45. The van der Waals surface area contributed by atoms with Crippen molar-refractivity contribution in [2.75, 3.05) is 0 Å². The number of carbonyl (C=O) groups is 2. The maximum atomic E-state index is 11.1. The van der Waals surface area contributed by atoms with Crippen molar-refractivity contribution in [3.8, 4) is 0 Å². The molecular formula is C7H11O5. The van der Waals surface area contributed by atoms with Gasteiger partial charge in [0.15, 0.2) is 0 Å². The van der Waals surface area contributed by atoms with Crippen LogP contribution in [0.1, 0.15) is 26.2 Å². The van der Waals surface area contributed by atoms with Crippen LogP contribution in [-0.2, 0) is 14.7 Å². The Morgan fingerprint density at radius 3 is 1.92 bits per heavy atom. The molecule has 0 rings (SSSR count). The smallest absolute Gasteiger partial charge is 0.351 e. The van der Waals surface area contributed by atoms with Gasteiger partial charge in [-0.2, -0.15) is 0 Å². The second kappa shape index (κ2) is 4.06. The van der Waals surface area contributed by atoms with Gasteiger partial charge >= 0.3 is 11.9 Å². The van der Waals surface area contributed by atoms with Gasteiger partial charge in [0.1, 0.15) is 0 Å². The first-order valence-corrected chi connectivity index (χ1v) is 3.62. The molecule has 1 radical (unpaired) electrons. The third-order valence-electron chi connectivity index (χ3n) is 1.57. The molecule has 0 aliphatic rings. The molecule has 69 valence electrons. The van der Waals surface area contributed by atoms with E-state index >= 15 is 0 Å². The fourth-order valence-electron chi connectivity index (χ4n) is 0.731. The lowest BCUT2D eigenvalue weighted by molar-refractivity contribution is -0.185. The summed E-state index contributed by atoms with van der Waals surface area (Å²) in [6.07, 6.45) is 0.542. The van der Waals surface area contributed by atoms with Crippen molar-refractivity contribution in [1.29, 1.82) is 0 Å². The van der Waals surface area contributed by atoms with Crippen LogP contribution in [0.25, 0.3) is 0 Å². The number of hydrogen-bond acceptors (Lipinski definition) is 2. The third-order valence-corrected chi connectivity index (χ3v) is 1.57. The Morgan fingerprint density at radius 1 is 1.25 bits per heavy atom. The third kappa shape index (κ3) is 2.20. The Labute approximate surface area is 69.6 Å². The molecule has 0 aromatic heterocycles. The molecule has 0 aliphatic carbocycles. The quantitative estimate of drug-likeness (QED) is 0.595. The van der Waals surface area contributed by atoms with Crippen molar-refractivity contribution in [3.05, 3.63) is 0 Å². The Bertz CT molecular complexity index is 172. The molecule has 0 amide bonds. The predicted octanol–water partition coefficient (Wildman–Crippen LogP) is 0.515. The van der Waals surface area contributed by atoms with Gasteiger partial charge in [0, 0.05) is 6.42 Å². The lowest BCUT2D eigenvalue weighted by Gasteiger charge is -2.14. The monoisotopic (exact) mass is 175 g/mol. The Hall–Kier alpha value is -1.10. The first-order valence-electron chi connectivity index (χ1n) is 3.62. The molecule has 0 atom stereocenters. The van der Waals surface area contributed by atoms with E-state index in [-0.39, 0.29) is 6.42 Å². The van der Waals surface area contributed by atoms with E-state index in [0.717, 1.165) is 0 Å². The highest BCUT2D eigenvalue weighted by molar-refractivity contribution is 6.01. The summed E-state index contributed by atoms with van der Waals surface area (Å²) in [6, 6.07) is 0. The van der Waals surface area contributed by atoms with E-state index in [1.807, 2.05) is 0 Å². The summed E-state index contributed by atoms with van der Waals surface area (Å²) in [5.41, 5.74) is -2.87. The van der Waals surface area contributed by atoms with Crippen molar-refractivity contribution < 1.29 is 24.9 Å². The van der Waals surface area contributed by atoms with Crippen LogP contribution < -0.4 is 0 Å². The van der Waals surface area contributed by atoms with Gasteiger partial charge in [-0.3, -0.25) is 0 Å². The summed E-state index contributed by atoms with van der Waals surface area (Å²) in [5.74, 6) is -3.63. The predicted molar refractivity (Wildman–Crippen MR) is 38.2 cm³/mol. The number of aliphatic carboxylic acids is 2. The van der Waals surface area contributed by atoms with Crippen LogP contribution in [0.3, 0.4) is 0 Å². The van der Waals surface area contributed by atoms with Gasteiger partial charge < -0.3 is 10.2 Å². The van der Waals surface area contributed by atoms with Crippen LogP contribution >= 0.6 is 0 Å². The minimum Gasteiger partial charge on any atom is -0.479 e. The van der Waals surface area contributed by atoms with Crippen LogP contribution in [0.15, 0.2) is 0 Å². The van der Waals surface area contributed by atoms with Crippen LogP contribution in [0.2, 0.25) is 0 Å². The summed E-state index contributed by atoms with van der Waals surface area (Å²) in [7, 11) is 0. The average molecular weight is 175 g/mol. The molecule has 0 aromatic rings. The molecule has 0 saturated heterocycles. The van der Waals surface area contributed by atoms with Gasteiger partial charge in [0.2, 0.25) is 0 Å². The molecule has 0 aromatic carbocycles. The number of rotatable bonds is 5. The average Bonchev–Trinajstić information content (AvgIpc) is 1.99. The van der Waals surface area contributed by atoms with Gasteiger partial charge in [-0.05, 0) is 6.42 Å². The molecule has 0 saturated carbocycles. The largest absolute Gasteiger partial charge is 0.479 e. The van der Waals surface area contributed by atoms with Gasteiger partial charge in [0.25, 0.3) is 5.60 Å². The Kier molecular flexibility index (Phi) is 3.69. The zero-order valence-electron chi connectivity index (χ0n) is 6.74. The van der Waals surface area contributed by atoms with Crippen LogP contribution in [0, 0.1) is 0 Å². The Balaban J connectivity index is 4.40. The standard InChI is InChI=1S/C7H11O5/c1-2-3-4-7(12,5(8)9)6(10)11/h2-4H2,1H3,(H,8,9)(H,10,11). The van der Waals surface area contributed by atoms with E-state index in [4.69, 9.17) is 10.2 Å². The molecule has 0 heterocycles. The second-order valence-electron chi connectivity index (χ2n) is 2.54. The van der Waals surface area contributed by atoms with Gasteiger partial charge in [0.05, 0.1) is 0 Å². The van der Waals surface area contributed by atoms with Gasteiger partial charge in [-0.15, -0.1) is 0 Å². The van der Waals surface area contributed by atoms with Crippen molar-refractivity contribution >= 4 is 11.9 Å². The zero-order valence-corrected chi connectivity index (χ0v) is 6.74. The maximum absolute atomic E-state index is 11.1. The molecule has 2 N–H and O–H groups in total. The molecule has 0 bridgehead atoms. The van der Waals surface area contributed by atoms with Gasteiger partial charge in [-0.25, -0.2) is 14.7 Å². The van der Waals surface area contributed by atoms with Crippen LogP contribution in [0.4, 0.5) is 0 Å². The van der Waals surface area contributed by atoms with Crippen LogP contribution in [0.5, 0.6) is 0 Å². The summed E-state index contributed by atoms with van der Waals surface area (Å²) < 4.78 is 0. The molecule has 5 heteroatoms. The number of hydrogen-bond donors (Lipinski definition) is 2. The Morgan fingerprint density at radius 2 is 1.67 bits per heavy atom. The topological polar surface area (TPSA) is 94.5 Å². The molecule has 12 heavy (non-hydrogen) atoms. The van der Waals surface area contributed by atoms with Crippen LogP contribution in [-0.4, -0.2) is 27.8 Å². The highest BCUT2D eigenvalue weighted by atomic mass is 16.4. The maximum Gasteiger partial charge on any atom is 0.351 e. The van der Waals surface area contributed by atoms with Crippen molar-refractivity contribution in [2.24, 2.45) is 0 Å². The van der Waals surface area contributed by atoms with Gasteiger partial charge in [-0.1, -0.05) is 13.3 Å². The number of carboxylic acids is 2. The van der Waals surface area contributed by atoms with E-state index in [0.29, 0.717) is 12.8 Å². The van der Waals surface area contributed by atoms with E-state index in [1.165, 1.54) is 0 Å². The van der Waals surface area contributed by atoms with Crippen molar-refractivity contribution in [1.82, 2.24) is 0 Å². The van der Waals surface area contributed by atoms with E-state index in [2.05, 4.69) is 0 Å². The first-order chi connectivity index (χ1) is 5.45. The fraction of sp³-hybridized carbons (Fsp3) is 0.714. The SMILES string of the molecule is CCCCC([O])(C(=O)O)C(=O)O. The van der Waals surface area contributed by atoms with Crippen molar-refractivity contribution in [3.63, 3.8) is 0 Å². The number of carboxylic acid groups (broad SMARTS) is 2. The van der Waals surface area contributed by atoms with E-state index in [9.17, 15) is 14.7 Å². The molecule has 0 unspecified atom stereocenters. The molecule has 0 aliphatic heterocycles. The fourth-order valence-corrected chi connectivity index (χ4v) is 0.731. The summed E-state index contributed by atoms with van der Waals surface area (Å²) >= 11 is 0. The minimum absolute atomic E-state index is 0.308. The highest BCUT2D eigenvalue weighted by Crippen LogP contribution is 2.15. The zero-order chi connectivity index (χ0) is 9.78. The molecule has 0 spiro atoms. The normalized spacial score (nSPS) is 11.2. The minimum atomic E-state index is -2.87. The highest BCUT2D eigenvalue weighted by Gasteiger charge is 2.46. The summed E-state index contributed by atoms with van der Waals surface area (Å²) in [5, 5.41) is 27.7. The number of unbranched alkanes of at least 4 members (excludes halogenated alkanes) is 1. The van der Waals surface area contributed by atoms with E-state index < -0.39 is 17.5 Å².